The van der Waals surface area contributed by atoms with Gasteiger partial charge in [-0.3, -0.25) is 0 Å². The molecule has 2 N–H and O–H groups in total. The Morgan fingerprint density at radius 1 is 0.944 bits per heavy atom. The molecule has 1 aliphatic rings. The van der Waals surface area contributed by atoms with Gasteiger partial charge in [0.25, 0.3) is 0 Å². The van der Waals surface area contributed by atoms with E-state index in [1.54, 1.807) is 12.1 Å². The summed E-state index contributed by atoms with van der Waals surface area (Å²) in [5.74, 6) is 1.68. The van der Waals surface area contributed by atoms with Crippen molar-refractivity contribution >= 4 is 5.82 Å². The first kappa shape index (κ1) is 11.0. The predicted molar refractivity (Wildman–Crippen MR) is 69.6 cm³/mol. The van der Waals surface area contributed by atoms with Gasteiger partial charge >= 0.3 is 0 Å². The van der Waals surface area contributed by atoms with Crippen molar-refractivity contribution in [2.24, 2.45) is 0 Å². The molecule has 18 heavy (non-hydrogen) atoms. The Kier molecular flexibility index (Phi) is 2.84. The zero-order valence-corrected chi connectivity index (χ0v) is 10.1. The molecule has 4 heteroatoms. The van der Waals surface area contributed by atoms with Crippen LogP contribution in [-0.2, 0) is 12.8 Å². The normalized spacial score (nSPS) is 14.0. The minimum atomic E-state index is 0.396. The van der Waals surface area contributed by atoms with Crippen LogP contribution in [0.5, 0.6) is 11.6 Å². The molecule has 1 aliphatic carbocycles. The summed E-state index contributed by atoms with van der Waals surface area (Å²) in [5, 5.41) is 7.65. The number of nitrogens with two attached hydrogens (primary N) is 1. The highest BCUT2D eigenvalue weighted by Crippen LogP contribution is 2.27. The van der Waals surface area contributed by atoms with E-state index in [-0.39, 0.29) is 0 Å². The number of hydrogen-bond acceptors (Lipinski definition) is 4. The third-order valence-corrected chi connectivity index (χ3v) is 3.20. The maximum atomic E-state index is 5.67. The van der Waals surface area contributed by atoms with E-state index >= 15 is 0 Å². The topological polar surface area (TPSA) is 61.0 Å². The molecule has 0 radical (unpaired) electrons. The molecular weight excluding hydrogens is 226 g/mol. The summed E-state index contributed by atoms with van der Waals surface area (Å²) in [6.07, 6.45) is 4.87. The summed E-state index contributed by atoms with van der Waals surface area (Å²) in [7, 11) is 0. The summed E-state index contributed by atoms with van der Waals surface area (Å²) in [5.41, 5.74) is 8.31. The van der Waals surface area contributed by atoms with Crippen molar-refractivity contribution in [1.29, 1.82) is 0 Å². The highest BCUT2D eigenvalue weighted by atomic mass is 16.5. The van der Waals surface area contributed by atoms with E-state index in [0.29, 0.717) is 11.7 Å². The number of rotatable bonds is 2. The number of aryl methyl sites for hydroxylation is 2. The molecule has 0 aliphatic heterocycles. The number of nitrogen functional groups attached to an aromatic ring is 1. The van der Waals surface area contributed by atoms with Crippen molar-refractivity contribution in [2.45, 2.75) is 25.7 Å². The lowest BCUT2D eigenvalue weighted by molar-refractivity contribution is 0.454. The summed E-state index contributed by atoms with van der Waals surface area (Å²) >= 11 is 0. The van der Waals surface area contributed by atoms with Crippen LogP contribution in [-0.4, -0.2) is 10.2 Å². The number of fused-ring (bicyclic) bond motifs is 1. The summed E-state index contributed by atoms with van der Waals surface area (Å²) in [6.45, 7) is 0. The molecule has 1 aromatic carbocycles. The van der Waals surface area contributed by atoms with Crippen molar-refractivity contribution in [2.75, 3.05) is 5.73 Å². The first-order valence-corrected chi connectivity index (χ1v) is 6.20. The van der Waals surface area contributed by atoms with Gasteiger partial charge in [-0.15, -0.1) is 10.2 Å². The molecule has 2 aromatic rings. The Bertz CT molecular complexity index is 551. The molecule has 92 valence electrons. The predicted octanol–water partition coefficient (Wildman–Crippen LogP) is 2.73. The van der Waals surface area contributed by atoms with E-state index in [2.05, 4.69) is 22.3 Å². The molecule has 4 nitrogen and oxygen atoms in total. The molecule has 0 bridgehead atoms. The van der Waals surface area contributed by atoms with Crippen LogP contribution in [0.1, 0.15) is 24.0 Å². The maximum Gasteiger partial charge on any atom is 0.238 e. The average molecular weight is 241 g/mol. The first-order valence-electron chi connectivity index (χ1n) is 6.20. The van der Waals surface area contributed by atoms with Gasteiger partial charge in [0.2, 0.25) is 5.88 Å². The summed E-state index contributed by atoms with van der Waals surface area (Å²) in [6, 6.07) is 9.64. The van der Waals surface area contributed by atoms with Gasteiger partial charge in [-0.05, 0) is 55.0 Å². The van der Waals surface area contributed by atoms with E-state index in [0.717, 1.165) is 12.2 Å². The minimum absolute atomic E-state index is 0.396. The zero-order chi connectivity index (χ0) is 12.4. The van der Waals surface area contributed by atoms with Gasteiger partial charge < -0.3 is 10.5 Å². The van der Waals surface area contributed by atoms with Crippen LogP contribution >= 0.6 is 0 Å². The zero-order valence-electron chi connectivity index (χ0n) is 10.1. The fraction of sp³-hybridized carbons (Fsp3) is 0.286. The Morgan fingerprint density at radius 2 is 1.78 bits per heavy atom. The molecule has 1 heterocycles. The quantitative estimate of drug-likeness (QED) is 0.878. The number of nitrogens with zero attached hydrogens (tertiary/aromatic N) is 2. The molecule has 0 spiro atoms. The second-order valence-electron chi connectivity index (χ2n) is 4.54. The molecule has 0 atom stereocenters. The van der Waals surface area contributed by atoms with E-state index in [9.17, 15) is 0 Å². The Balaban J connectivity index is 1.82. The molecular formula is C14H15N3O. The van der Waals surface area contributed by atoms with Crippen LogP contribution in [0.3, 0.4) is 0 Å². The van der Waals surface area contributed by atoms with Gasteiger partial charge in [-0.25, -0.2) is 0 Å². The van der Waals surface area contributed by atoms with E-state index in [4.69, 9.17) is 10.5 Å². The SMILES string of the molecule is Nc1ccc(Oc2ccc3c(c2)CCCC3)nn1. The molecule has 3 rings (SSSR count). The van der Waals surface area contributed by atoms with Gasteiger partial charge in [0.05, 0.1) is 0 Å². The van der Waals surface area contributed by atoms with Gasteiger partial charge in [-0.1, -0.05) is 6.07 Å². The number of anilines is 1. The van der Waals surface area contributed by atoms with Crippen LogP contribution in [0.4, 0.5) is 5.82 Å². The Hall–Kier alpha value is -2.10. The van der Waals surface area contributed by atoms with Crippen LogP contribution in [0.25, 0.3) is 0 Å². The van der Waals surface area contributed by atoms with Gasteiger partial charge in [0.15, 0.2) is 0 Å². The number of aromatic nitrogens is 2. The molecule has 0 fully saturated rings. The molecule has 1 aromatic heterocycles. The Labute approximate surface area is 106 Å². The first-order chi connectivity index (χ1) is 8.81. The van der Waals surface area contributed by atoms with Crippen LogP contribution in [0, 0.1) is 0 Å². The second-order valence-corrected chi connectivity index (χ2v) is 4.54. The smallest absolute Gasteiger partial charge is 0.238 e. The monoisotopic (exact) mass is 241 g/mol. The van der Waals surface area contributed by atoms with Crippen molar-refractivity contribution < 1.29 is 4.74 Å². The molecule has 0 unspecified atom stereocenters. The molecule has 0 saturated heterocycles. The van der Waals surface area contributed by atoms with Crippen LogP contribution < -0.4 is 10.5 Å². The van der Waals surface area contributed by atoms with Crippen molar-refractivity contribution in [3.8, 4) is 11.6 Å². The second kappa shape index (κ2) is 4.64. The largest absolute Gasteiger partial charge is 0.438 e. The van der Waals surface area contributed by atoms with E-state index in [1.165, 1.54) is 30.4 Å². The van der Waals surface area contributed by atoms with Gasteiger partial charge in [-0.2, -0.15) is 0 Å². The summed E-state index contributed by atoms with van der Waals surface area (Å²) < 4.78 is 5.67. The fourth-order valence-corrected chi connectivity index (χ4v) is 2.28. The minimum Gasteiger partial charge on any atom is -0.438 e. The standard InChI is InChI=1S/C14H15N3O/c15-13-7-8-14(17-16-13)18-12-6-5-10-3-1-2-4-11(10)9-12/h5-9H,1-4H2,(H2,15,16). The Morgan fingerprint density at radius 3 is 2.56 bits per heavy atom. The van der Waals surface area contributed by atoms with Gasteiger partial charge in [0.1, 0.15) is 11.6 Å². The van der Waals surface area contributed by atoms with Crippen molar-refractivity contribution in [3.63, 3.8) is 0 Å². The molecule has 0 amide bonds. The average Bonchev–Trinajstić information content (AvgIpc) is 2.41. The van der Waals surface area contributed by atoms with Crippen molar-refractivity contribution in [1.82, 2.24) is 10.2 Å². The summed E-state index contributed by atoms with van der Waals surface area (Å²) in [4.78, 5) is 0. The number of hydrogen-bond donors (Lipinski definition) is 1. The van der Waals surface area contributed by atoms with Crippen LogP contribution in [0.2, 0.25) is 0 Å². The lowest BCUT2D eigenvalue weighted by Crippen LogP contribution is -2.02. The van der Waals surface area contributed by atoms with E-state index in [1.807, 2.05) is 6.07 Å². The molecule has 0 saturated carbocycles. The maximum absolute atomic E-state index is 5.67. The fourth-order valence-electron chi connectivity index (χ4n) is 2.28. The number of ether oxygens (including phenoxy) is 1. The lowest BCUT2D eigenvalue weighted by Gasteiger charge is -2.16. The van der Waals surface area contributed by atoms with E-state index < -0.39 is 0 Å². The third kappa shape index (κ3) is 2.27. The lowest BCUT2D eigenvalue weighted by atomic mass is 9.92. The third-order valence-electron chi connectivity index (χ3n) is 3.20. The highest BCUT2D eigenvalue weighted by molar-refractivity contribution is 5.39. The number of benzene rings is 1. The highest BCUT2D eigenvalue weighted by Gasteiger charge is 2.10. The van der Waals surface area contributed by atoms with Crippen molar-refractivity contribution in [3.05, 3.63) is 41.5 Å². The van der Waals surface area contributed by atoms with Crippen LogP contribution in [0.15, 0.2) is 30.3 Å². The van der Waals surface area contributed by atoms with Gasteiger partial charge in [0, 0.05) is 6.07 Å².